The molecule has 24 heavy (non-hydrogen) atoms. The van der Waals surface area contributed by atoms with E-state index < -0.39 is 0 Å². The van der Waals surface area contributed by atoms with E-state index in [0.717, 1.165) is 32.1 Å². The third kappa shape index (κ3) is 6.20. The van der Waals surface area contributed by atoms with Gasteiger partial charge < -0.3 is 21.1 Å². The molecule has 1 atom stereocenters. The second-order valence-electron chi connectivity index (χ2n) is 6.22. The summed E-state index contributed by atoms with van der Waals surface area (Å²) in [5.74, 6) is 0.564. The highest BCUT2D eigenvalue weighted by Crippen LogP contribution is 2.30. The van der Waals surface area contributed by atoms with Crippen LogP contribution in [0.2, 0.25) is 0 Å². The van der Waals surface area contributed by atoms with Gasteiger partial charge in [0, 0.05) is 30.3 Å². The molecule has 0 radical (unpaired) electrons. The van der Waals surface area contributed by atoms with Crippen LogP contribution in [0.4, 0.5) is 5.69 Å². The number of nitrogens with two attached hydrogens (primary N) is 1. The highest BCUT2D eigenvalue weighted by Gasteiger charge is 2.29. The Kier molecular flexibility index (Phi) is 7.06. The summed E-state index contributed by atoms with van der Waals surface area (Å²) < 4.78 is 5.51. The summed E-state index contributed by atoms with van der Waals surface area (Å²) in [5, 5.41) is 5.74. The Hall–Kier alpha value is -2.08. The van der Waals surface area contributed by atoms with Gasteiger partial charge in [-0.15, -0.1) is 0 Å². The van der Waals surface area contributed by atoms with Gasteiger partial charge in [-0.05, 0) is 31.4 Å². The molecular formula is C18H27N3O3. The number of benzene rings is 1. The maximum absolute atomic E-state index is 11.9. The maximum Gasteiger partial charge on any atom is 0.258 e. The summed E-state index contributed by atoms with van der Waals surface area (Å²) in [5.41, 5.74) is 6.36. The Labute approximate surface area is 143 Å². The number of anilines is 1. The van der Waals surface area contributed by atoms with E-state index in [1.165, 1.54) is 0 Å². The lowest BCUT2D eigenvalue weighted by molar-refractivity contribution is -0.123. The van der Waals surface area contributed by atoms with E-state index in [9.17, 15) is 9.59 Å². The van der Waals surface area contributed by atoms with Gasteiger partial charge >= 0.3 is 0 Å². The quantitative estimate of drug-likeness (QED) is 0.611. The number of unbranched alkanes of at least 4 members (excludes halogenated alkanes) is 1. The monoisotopic (exact) mass is 333 g/mol. The van der Waals surface area contributed by atoms with Crippen molar-refractivity contribution >= 4 is 17.5 Å². The molecule has 0 bridgehead atoms. The average Bonchev–Trinajstić information content (AvgIpc) is 3.42. The summed E-state index contributed by atoms with van der Waals surface area (Å²) in [6.45, 7) is 2.46. The van der Waals surface area contributed by atoms with Crippen molar-refractivity contribution in [2.75, 3.05) is 18.5 Å². The van der Waals surface area contributed by atoms with Crippen LogP contribution in [-0.2, 0) is 9.59 Å². The van der Waals surface area contributed by atoms with Gasteiger partial charge in [-0.3, -0.25) is 9.59 Å². The number of amides is 2. The summed E-state index contributed by atoms with van der Waals surface area (Å²) in [4.78, 5) is 23.7. The number of hydrogen-bond donors (Lipinski definition) is 3. The topological polar surface area (TPSA) is 93.4 Å². The van der Waals surface area contributed by atoms with Crippen molar-refractivity contribution in [2.24, 2.45) is 11.7 Å². The summed E-state index contributed by atoms with van der Waals surface area (Å²) in [6.07, 6.45) is 4.90. The van der Waals surface area contributed by atoms with Crippen LogP contribution in [0.5, 0.6) is 5.75 Å². The lowest BCUT2D eigenvalue weighted by atomic mass is 10.1. The Bertz CT molecular complexity index is 558. The van der Waals surface area contributed by atoms with Crippen LogP contribution >= 0.6 is 0 Å². The fourth-order valence-electron chi connectivity index (χ4n) is 2.37. The maximum atomic E-state index is 11.9. The van der Waals surface area contributed by atoms with Crippen LogP contribution in [-0.4, -0.2) is 31.0 Å². The van der Waals surface area contributed by atoms with E-state index in [2.05, 4.69) is 17.6 Å². The molecule has 6 nitrogen and oxygen atoms in total. The number of carbonyl (C=O) groups excluding carboxylic acids is 2. The molecule has 1 aliphatic carbocycles. The van der Waals surface area contributed by atoms with Gasteiger partial charge in [-0.1, -0.05) is 25.8 Å². The van der Waals surface area contributed by atoms with Crippen molar-refractivity contribution in [1.82, 2.24) is 5.32 Å². The first-order valence-electron chi connectivity index (χ1n) is 8.65. The number of ether oxygens (including phenoxy) is 1. The Morgan fingerprint density at radius 2 is 2.17 bits per heavy atom. The van der Waals surface area contributed by atoms with Crippen LogP contribution in [0.25, 0.3) is 0 Å². The van der Waals surface area contributed by atoms with Crippen molar-refractivity contribution in [1.29, 1.82) is 0 Å². The van der Waals surface area contributed by atoms with E-state index in [1.807, 2.05) is 6.07 Å². The SMILES string of the molecule is CCCCC(CN)NC(=O)COc1cccc(NC(=O)C2CC2)c1. The van der Waals surface area contributed by atoms with Crippen LogP contribution in [0.1, 0.15) is 39.0 Å². The van der Waals surface area contributed by atoms with E-state index in [0.29, 0.717) is 18.0 Å². The second kappa shape index (κ2) is 9.27. The minimum Gasteiger partial charge on any atom is -0.484 e. The van der Waals surface area contributed by atoms with Gasteiger partial charge in [0.25, 0.3) is 5.91 Å². The van der Waals surface area contributed by atoms with Crippen LogP contribution in [0, 0.1) is 5.92 Å². The first-order valence-corrected chi connectivity index (χ1v) is 8.65. The molecule has 1 saturated carbocycles. The number of nitrogens with one attached hydrogen (secondary N) is 2. The summed E-state index contributed by atoms with van der Waals surface area (Å²) in [6, 6.07) is 7.08. The predicted octanol–water partition coefficient (Wildman–Crippen LogP) is 2.05. The normalized spacial score (nSPS) is 14.8. The zero-order chi connectivity index (χ0) is 17.4. The van der Waals surface area contributed by atoms with Gasteiger partial charge in [0.2, 0.25) is 5.91 Å². The summed E-state index contributed by atoms with van der Waals surface area (Å²) >= 11 is 0. The van der Waals surface area contributed by atoms with E-state index in [-0.39, 0.29) is 30.4 Å². The van der Waals surface area contributed by atoms with Crippen LogP contribution in [0.3, 0.4) is 0 Å². The first-order chi connectivity index (χ1) is 11.6. The molecule has 0 spiro atoms. The Balaban J connectivity index is 1.78. The third-order valence-corrected chi connectivity index (χ3v) is 3.98. The van der Waals surface area contributed by atoms with Crippen LogP contribution < -0.4 is 21.1 Å². The first kappa shape index (κ1) is 18.3. The Morgan fingerprint density at radius 1 is 1.38 bits per heavy atom. The van der Waals surface area contributed by atoms with Gasteiger partial charge in [0.05, 0.1) is 0 Å². The molecule has 2 amide bonds. The van der Waals surface area contributed by atoms with Crippen molar-refractivity contribution in [3.63, 3.8) is 0 Å². The average molecular weight is 333 g/mol. The molecule has 0 saturated heterocycles. The fourth-order valence-corrected chi connectivity index (χ4v) is 2.37. The van der Waals surface area contributed by atoms with Crippen molar-refractivity contribution in [2.45, 2.75) is 45.1 Å². The third-order valence-electron chi connectivity index (χ3n) is 3.98. The van der Waals surface area contributed by atoms with E-state index in [4.69, 9.17) is 10.5 Å². The zero-order valence-corrected chi connectivity index (χ0v) is 14.2. The van der Waals surface area contributed by atoms with Crippen molar-refractivity contribution < 1.29 is 14.3 Å². The van der Waals surface area contributed by atoms with E-state index in [1.54, 1.807) is 18.2 Å². The predicted molar refractivity (Wildman–Crippen MR) is 93.8 cm³/mol. The number of rotatable bonds is 10. The minimum atomic E-state index is -0.186. The molecule has 0 aliphatic heterocycles. The molecule has 132 valence electrons. The fraction of sp³-hybridized carbons (Fsp3) is 0.556. The molecule has 2 rings (SSSR count). The molecule has 0 aromatic heterocycles. The highest BCUT2D eigenvalue weighted by atomic mass is 16.5. The summed E-state index contributed by atoms with van der Waals surface area (Å²) in [7, 11) is 0. The number of hydrogen-bond acceptors (Lipinski definition) is 4. The molecule has 1 aliphatic rings. The highest BCUT2D eigenvalue weighted by molar-refractivity contribution is 5.94. The zero-order valence-electron chi connectivity index (χ0n) is 14.2. The Morgan fingerprint density at radius 3 is 2.83 bits per heavy atom. The smallest absolute Gasteiger partial charge is 0.258 e. The molecule has 1 aromatic carbocycles. The molecule has 1 fully saturated rings. The second-order valence-corrected chi connectivity index (χ2v) is 6.22. The lowest BCUT2D eigenvalue weighted by Crippen LogP contribution is -2.42. The van der Waals surface area contributed by atoms with Crippen LogP contribution in [0.15, 0.2) is 24.3 Å². The molecule has 6 heteroatoms. The van der Waals surface area contributed by atoms with Crippen molar-refractivity contribution in [3.8, 4) is 5.75 Å². The standard InChI is InChI=1S/C18H27N3O3/c1-2-3-5-15(11-19)20-17(22)12-24-16-7-4-6-14(10-16)21-18(23)13-8-9-13/h4,6-7,10,13,15H,2-3,5,8-9,11-12,19H2,1H3,(H,20,22)(H,21,23). The largest absolute Gasteiger partial charge is 0.484 e. The molecule has 1 aromatic rings. The van der Waals surface area contributed by atoms with Gasteiger partial charge in [0.1, 0.15) is 5.75 Å². The molecular weight excluding hydrogens is 306 g/mol. The van der Waals surface area contributed by atoms with E-state index >= 15 is 0 Å². The van der Waals surface area contributed by atoms with Gasteiger partial charge in [-0.2, -0.15) is 0 Å². The molecule has 0 heterocycles. The number of carbonyl (C=O) groups is 2. The van der Waals surface area contributed by atoms with Gasteiger partial charge in [-0.25, -0.2) is 0 Å². The lowest BCUT2D eigenvalue weighted by Gasteiger charge is -2.16. The minimum absolute atomic E-state index is 0.00906. The molecule has 1 unspecified atom stereocenters. The molecule has 4 N–H and O–H groups in total. The van der Waals surface area contributed by atoms with Gasteiger partial charge in [0.15, 0.2) is 6.61 Å². The van der Waals surface area contributed by atoms with Crippen molar-refractivity contribution in [3.05, 3.63) is 24.3 Å².